The molecular weight excluding hydrogens is 342 g/mol. The van der Waals surface area contributed by atoms with E-state index >= 15 is 0 Å². The molecule has 0 aliphatic carbocycles. The van der Waals surface area contributed by atoms with Crippen LogP contribution in [0.15, 0.2) is 72.8 Å². The van der Waals surface area contributed by atoms with Gasteiger partial charge in [0.1, 0.15) is 0 Å². The zero-order valence-corrected chi connectivity index (χ0v) is 15.4. The van der Waals surface area contributed by atoms with Gasteiger partial charge in [0, 0.05) is 17.1 Å². The summed E-state index contributed by atoms with van der Waals surface area (Å²) in [5.74, 6) is 0.0209. The minimum Gasteiger partial charge on any atom is -0.327 e. The highest BCUT2D eigenvalue weighted by molar-refractivity contribution is 6.30. The van der Waals surface area contributed by atoms with Gasteiger partial charge in [-0.05, 0) is 48.2 Å². The molecule has 3 heteroatoms. The SMILES string of the molecule is Cc1ccc(C2c3ccccc3CCN2C(=O)c2cccc(Cl)c2)cc1. The Labute approximate surface area is 159 Å². The van der Waals surface area contributed by atoms with Gasteiger partial charge in [-0.2, -0.15) is 0 Å². The number of nitrogens with zero attached hydrogens (tertiary/aromatic N) is 1. The Morgan fingerprint density at radius 1 is 1.00 bits per heavy atom. The zero-order chi connectivity index (χ0) is 18.1. The third-order valence-electron chi connectivity index (χ3n) is 5.01. The zero-order valence-electron chi connectivity index (χ0n) is 14.7. The topological polar surface area (TPSA) is 20.3 Å². The Balaban J connectivity index is 1.80. The summed E-state index contributed by atoms with van der Waals surface area (Å²) >= 11 is 6.11. The Kier molecular flexibility index (Phi) is 4.52. The lowest BCUT2D eigenvalue weighted by Gasteiger charge is -2.38. The average Bonchev–Trinajstić information content (AvgIpc) is 2.67. The summed E-state index contributed by atoms with van der Waals surface area (Å²) < 4.78 is 0. The molecule has 1 aliphatic rings. The molecule has 2 nitrogen and oxygen atoms in total. The molecule has 0 spiro atoms. The van der Waals surface area contributed by atoms with E-state index < -0.39 is 0 Å². The fourth-order valence-electron chi connectivity index (χ4n) is 3.68. The summed E-state index contributed by atoms with van der Waals surface area (Å²) in [5, 5.41) is 0.583. The van der Waals surface area contributed by atoms with Gasteiger partial charge >= 0.3 is 0 Å². The molecule has 1 aliphatic heterocycles. The van der Waals surface area contributed by atoms with Gasteiger partial charge in [-0.25, -0.2) is 0 Å². The maximum Gasteiger partial charge on any atom is 0.254 e. The molecule has 0 aromatic heterocycles. The van der Waals surface area contributed by atoms with Gasteiger partial charge in [0.25, 0.3) is 5.91 Å². The van der Waals surface area contributed by atoms with Gasteiger partial charge in [0.2, 0.25) is 0 Å². The predicted octanol–water partition coefficient (Wildman–Crippen LogP) is 5.44. The molecule has 3 aromatic rings. The summed E-state index contributed by atoms with van der Waals surface area (Å²) in [7, 11) is 0. The van der Waals surface area contributed by atoms with Crippen molar-refractivity contribution in [2.45, 2.75) is 19.4 Å². The molecule has 0 bridgehead atoms. The van der Waals surface area contributed by atoms with Crippen LogP contribution in [-0.2, 0) is 6.42 Å². The molecular formula is C23H20ClNO. The van der Waals surface area contributed by atoms with E-state index in [4.69, 9.17) is 11.6 Å². The number of carbonyl (C=O) groups excluding carboxylic acids is 1. The molecule has 1 amide bonds. The highest BCUT2D eigenvalue weighted by Gasteiger charge is 2.32. The second-order valence-electron chi connectivity index (χ2n) is 6.77. The van der Waals surface area contributed by atoms with Crippen LogP contribution in [0.5, 0.6) is 0 Å². The highest BCUT2D eigenvalue weighted by atomic mass is 35.5. The van der Waals surface area contributed by atoms with Crippen LogP contribution in [-0.4, -0.2) is 17.4 Å². The lowest BCUT2D eigenvalue weighted by Crippen LogP contribution is -2.40. The number of rotatable bonds is 2. The van der Waals surface area contributed by atoms with Crippen LogP contribution < -0.4 is 0 Å². The lowest BCUT2D eigenvalue weighted by molar-refractivity contribution is 0.0694. The number of benzene rings is 3. The van der Waals surface area contributed by atoms with Crippen LogP contribution in [0.1, 0.15) is 38.7 Å². The minimum atomic E-state index is -0.0768. The van der Waals surface area contributed by atoms with Gasteiger partial charge in [0.15, 0.2) is 0 Å². The Bertz CT molecular complexity index is 948. The van der Waals surface area contributed by atoms with Crippen molar-refractivity contribution >= 4 is 17.5 Å². The lowest BCUT2D eigenvalue weighted by atomic mass is 9.87. The van der Waals surface area contributed by atoms with Gasteiger partial charge in [-0.15, -0.1) is 0 Å². The van der Waals surface area contributed by atoms with Crippen molar-refractivity contribution in [1.29, 1.82) is 0 Å². The van der Waals surface area contributed by atoms with Crippen LogP contribution in [0.25, 0.3) is 0 Å². The first-order chi connectivity index (χ1) is 12.6. The molecule has 130 valence electrons. The summed E-state index contributed by atoms with van der Waals surface area (Å²) in [6, 6.07) is 24.0. The van der Waals surface area contributed by atoms with Crippen molar-refractivity contribution in [3.63, 3.8) is 0 Å². The van der Waals surface area contributed by atoms with Crippen molar-refractivity contribution in [2.75, 3.05) is 6.54 Å². The number of carbonyl (C=O) groups is 1. The van der Waals surface area contributed by atoms with Crippen LogP contribution in [0.2, 0.25) is 5.02 Å². The van der Waals surface area contributed by atoms with E-state index in [1.807, 2.05) is 23.1 Å². The molecule has 3 aromatic carbocycles. The standard InChI is InChI=1S/C23H20ClNO/c1-16-9-11-18(12-10-16)22-21-8-3-2-5-17(21)13-14-25(22)23(26)19-6-4-7-20(24)15-19/h2-12,15,22H,13-14H2,1H3. The number of hydrogen-bond donors (Lipinski definition) is 0. The fraction of sp³-hybridized carbons (Fsp3) is 0.174. The van der Waals surface area contributed by atoms with Crippen molar-refractivity contribution < 1.29 is 4.79 Å². The van der Waals surface area contributed by atoms with Crippen molar-refractivity contribution in [3.05, 3.63) is 106 Å². The fourth-order valence-corrected chi connectivity index (χ4v) is 3.87. The molecule has 0 N–H and O–H groups in total. The third kappa shape index (κ3) is 3.13. The van der Waals surface area contributed by atoms with Crippen LogP contribution in [0, 0.1) is 6.92 Å². The van der Waals surface area contributed by atoms with E-state index in [1.165, 1.54) is 16.7 Å². The summed E-state index contributed by atoms with van der Waals surface area (Å²) in [5.41, 5.74) is 5.50. The first-order valence-corrected chi connectivity index (χ1v) is 9.22. The highest BCUT2D eigenvalue weighted by Crippen LogP contribution is 2.36. The smallest absolute Gasteiger partial charge is 0.254 e. The predicted molar refractivity (Wildman–Crippen MR) is 106 cm³/mol. The number of fused-ring (bicyclic) bond motifs is 1. The molecule has 26 heavy (non-hydrogen) atoms. The van der Waals surface area contributed by atoms with Gasteiger partial charge < -0.3 is 4.90 Å². The quantitative estimate of drug-likeness (QED) is 0.595. The first-order valence-electron chi connectivity index (χ1n) is 8.84. The number of hydrogen-bond acceptors (Lipinski definition) is 1. The first kappa shape index (κ1) is 16.9. The van der Waals surface area contributed by atoms with E-state index in [0.29, 0.717) is 17.1 Å². The summed E-state index contributed by atoms with van der Waals surface area (Å²) in [6.07, 6.45) is 0.866. The van der Waals surface area contributed by atoms with Crippen LogP contribution in [0.3, 0.4) is 0 Å². The molecule has 1 atom stereocenters. The van der Waals surface area contributed by atoms with E-state index in [-0.39, 0.29) is 11.9 Å². The molecule has 1 unspecified atom stereocenters. The molecule has 0 saturated heterocycles. The van der Waals surface area contributed by atoms with Crippen molar-refractivity contribution in [2.24, 2.45) is 0 Å². The van der Waals surface area contributed by atoms with Crippen molar-refractivity contribution in [1.82, 2.24) is 4.90 Å². The van der Waals surface area contributed by atoms with Crippen LogP contribution >= 0.6 is 11.6 Å². The monoisotopic (exact) mass is 361 g/mol. The van der Waals surface area contributed by atoms with E-state index in [2.05, 4.69) is 49.4 Å². The van der Waals surface area contributed by atoms with E-state index in [1.54, 1.807) is 12.1 Å². The number of amides is 1. The molecule has 4 rings (SSSR count). The normalized spacial score (nSPS) is 16.2. The third-order valence-corrected chi connectivity index (χ3v) is 5.24. The average molecular weight is 362 g/mol. The minimum absolute atomic E-state index is 0.0209. The van der Waals surface area contributed by atoms with Gasteiger partial charge in [-0.3, -0.25) is 4.79 Å². The second-order valence-corrected chi connectivity index (χ2v) is 7.21. The Hall–Kier alpha value is -2.58. The molecule has 0 fully saturated rings. The maximum atomic E-state index is 13.3. The molecule has 0 saturated carbocycles. The van der Waals surface area contributed by atoms with Gasteiger partial charge in [0.05, 0.1) is 6.04 Å². The summed E-state index contributed by atoms with van der Waals surface area (Å²) in [4.78, 5) is 15.3. The Morgan fingerprint density at radius 2 is 1.77 bits per heavy atom. The Morgan fingerprint density at radius 3 is 2.54 bits per heavy atom. The molecule has 1 heterocycles. The van der Waals surface area contributed by atoms with Crippen molar-refractivity contribution in [3.8, 4) is 0 Å². The van der Waals surface area contributed by atoms with E-state index in [9.17, 15) is 4.79 Å². The maximum absolute atomic E-state index is 13.3. The summed E-state index contributed by atoms with van der Waals surface area (Å²) in [6.45, 7) is 2.77. The van der Waals surface area contributed by atoms with Gasteiger partial charge in [-0.1, -0.05) is 71.8 Å². The number of halogens is 1. The van der Waals surface area contributed by atoms with E-state index in [0.717, 1.165) is 12.0 Å². The number of aryl methyl sites for hydroxylation is 1. The van der Waals surface area contributed by atoms with Crippen LogP contribution in [0.4, 0.5) is 0 Å². The molecule has 0 radical (unpaired) electrons. The largest absolute Gasteiger partial charge is 0.327 e. The second kappa shape index (κ2) is 6.97.